The van der Waals surface area contributed by atoms with Gasteiger partial charge >= 0.3 is 5.97 Å². The molecule has 1 aromatic carbocycles. The summed E-state index contributed by atoms with van der Waals surface area (Å²) in [7, 11) is 0. The molecule has 0 unspecified atom stereocenters. The fourth-order valence-electron chi connectivity index (χ4n) is 2.70. The normalized spacial score (nSPS) is 15.8. The van der Waals surface area contributed by atoms with Crippen LogP contribution in [0.4, 0.5) is 10.1 Å². The Balaban J connectivity index is 2.04. The standard InChI is InChI=1S/C15H18FNO3/c16-11-7-4-8-12(14(11)15(19)20)17-13(18)9-10-5-2-1-3-6-10/h4,7-8,10H,1-3,5-6,9H2,(H,17,18)(H,19,20). The number of nitrogens with one attached hydrogen (secondary N) is 1. The van der Waals surface area contributed by atoms with E-state index in [0.717, 1.165) is 31.7 Å². The third-order valence-corrected chi connectivity index (χ3v) is 3.70. The number of hydrogen-bond acceptors (Lipinski definition) is 2. The predicted molar refractivity (Wildman–Crippen MR) is 73.2 cm³/mol. The van der Waals surface area contributed by atoms with Gasteiger partial charge in [-0.3, -0.25) is 4.79 Å². The SMILES string of the molecule is O=C(CC1CCCCC1)Nc1cccc(F)c1C(=O)O. The largest absolute Gasteiger partial charge is 0.478 e. The average Bonchev–Trinajstić information content (AvgIpc) is 2.39. The Kier molecular flexibility index (Phi) is 4.71. The molecule has 1 amide bonds. The van der Waals surface area contributed by atoms with Gasteiger partial charge in [0.1, 0.15) is 11.4 Å². The number of halogens is 1. The molecule has 20 heavy (non-hydrogen) atoms. The molecule has 1 aliphatic carbocycles. The molecule has 1 aromatic rings. The fraction of sp³-hybridized carbons (Fsp3) is 0.467. The molecule has 0 spiro atoms. The first-order valence-corrected chi connectivity index (χ1v) is 6.89. The van der Waals surface area contributed by atoms with Crippen LogP contribution < -0.4 is 5.32 Å². The lowest BCUT2D eigenvalue weighted by Gasteiger charge is -2.21. The maximum Gasteiger partial charge on any atom is 0.340 e. The minimum absolute atomic E-state index is 0.0262. The molecule has 1 saturated carbocycles. The Morgan fingerprint density at radius 2 is 1.95 bits per heavy atom. The van der Waals surface area contributed by atoms with Crippen LogP contribution in [-0.2, 0) is 4.79 Å². The summed E-state index contributed by atoms with van der Waals surface area (Å²) in [5.41, 5.74) is -0.456. The highest BCUT2D eigenvalue weighted by Gasteiger charge is 2.20. The van der Waals surface area contributed by atoms with Crippen LogP contribution in [0.15, 0.2) is 18.2 Å². The smallest absolute Gasteiger partial charge is 0.340 e. The van der Waals surface area contributed by atoms with Crippen molar-refractivity contribution < 1.29 is 19.1 Å². The Morgan fingerprint density at radius 3 is 2.60 bits per heavy atom. The van der Waals surface area contributed by atoms with Crippen LogP contribution in [0, 0.1) is 11.7 Å². The van der Waals surface area contributed by atoms with E-state index in [2.05, 4.69) is 5.32 Å². The van der Waals surface area contributed by atoms with Crippen LogP contribution in [0.1, 0.15) is 48.9 Å². The minimum atomic E-state index is -1.38. The molecular weight excluding hydrogens is 261 g/mol. The molecule has 2 rings (SSSR count). The lowest BCUT2D eigenvalue weighted by atomic mass is 9.87. The van der Waals surface area contributed by atoms with Gasteiger partial charge in [-0.25, -0.2) is 9.18 Å². The highest BCUT2D eigenvalue weighted by molar-refractivity contribution is 6.00. The fourth-order valence-corrected chi connectivity index (χ4v) is 2.70. The predicted octanol–water partition coefficient (Wildman–Crippen LogP) is 3.43. The number of carbonyl (C=O) groups excluding carboxylic acids is 1. The van der Waals surface area contributed by atoms with E-state index in [1.807, 2.05) is 0 Å². The van der Waals surface area contributed by atoms with Gasteiger partial charge in [0.2, 0.25) is 5.91 Å². The van der Waals surface area contributed by atoms with Crippen LogP contribution in [0.25, 0.3) is 0 Å². The number of amides is 1. The van der Waals surface area contributed by atoms with E-state index in [1.165, 1.54) is 18.6 Å². The van der Waals surface area contributed by atoms with Crippen molar-refractivity contribution in [3.8, 4) is 0 Å². The lowest BCUT2D eigenvalue weighted by molar-refractivity contribution is -0.117. The zero-order valence-electron chi connectivity index (χ0n) is 11.2. The molecule has 0 radical (unpaired) electrons. The zero-order chi connectivity index (χ0) is 14.5. The maximum absolute atomic E-state index is 13.5. The second-order valence-corrected chi connectivity index (χ2v) is 5.22. The Morgan fingerprint density at radius 1 is 1.25 bits per heavy atom. The van der Waals surface area contributed by atoms with E-state index in [0.29, 0.717) is 12.3 Å². The van der Waals surface area contributed by atoms with E-state index in [9.17, 15) is 14.0 Å². The summed E-state index contributed by atoms with van der Waals surface area (Å²) in [5, 5.41) is 11.5. The van der Waals surface area contributed by atoms with Crippen molar-refractivity contribution in [3.05, 3.63) is 29.6 Å². The topological polar surface area (TPSA) is 66.4 Å². The molecule has 1 fully saturated rings. The molecule has 0 heterocycles. The van der Waals surface area contributed by atoms with Crippen LogP contribution in [0.5, 0.6) is 0 Å². The quantitative estimate of drug-likeness (QED) is 0.887. The van der Waals surface area contributed by atoms with Crippen molar-refractivity contribution in [2.24, 2.45) is 5.92 Å². The van der Waals surface area contributed by atoms with Gasteiger partial charge in [-0.15, -0.1) is 0 Å². The van der Waals surface area contributed by atoms with Crippen LogP contribution in [-0.4, -0.2) is 17.0 Å². The summed E-state index contributed by atoms with van der Waals surface area (Å²) in [6.45, 7) is 0. The summed E-state index contributed by atoms with van der Waals surface area (Å²) in [4.78, 5) is 23.0. The van der Waals surface area contributed by atoms with Gasteiger partial charge in [-0.2, -0.15) is 0 Å². The number of carbonyl (C=O) groups is 2. The van der Waals surface area contributed by atoms with Gasteiger partial charge in [0.15, 0.2) is 0 Å². The zero-order valence-corrected chi connectivity index (χ0v) is 11.2. The van der Waals surface area contributed by atoms with Crippen LogP contribution >= 0.6 is 0 Å². The monoisotopic (exact) mass is 279 g/mol. The van der Waals surface area contributed by atoms with Crippen LogP contribution in [0.2, 0.25) is 0 Å². The molecule has 0 saturated heterocycles. The van der Waals surface area contributed by atoms with E-state index >= 15 is 0 Å². The number of carboxylic acid groups (broad SMARTS) is 1. The first-order chi connectivity index (χ1) is 9.58. The average molecular weight is 279 g/mol. The molecule has 5 heteroatoms. The number of carboxylic acids is 1. The van der Waals surface area contributed by atoms with Crippen molar-refractivity contribution in [3.63, 3.8) is 0 Å². The van der Waals surface area contributed by atoms with E-state index in [4.69, 9.17) is 5.11 Å². The van der Waals surface area contributed by atoms with Gasteiger partial charge < -0.3 is 10.4 Å². The van der Waals surface area contributed by atoms with Crippen LogP contribution in [0.3, 0.4) is 0 Å². The van der Waals surface area contributed by atoms with E-state index < -0.39 is 17.3 Å². The van der Waals surface area contributed by atoms with E-state index in [1.54, 1.807) is 0 Å². The lowest BCUT2D eigenvalue weighted by Crippen LogP contribution is -2.20. The van der Waals surface area contributed by atoms with Gasteiger partial charge in [0.05, 0.1) is 5.69 Å². The summed E-state index contributed by atoms with van der Waals surface area (Å²) >= 11 is 0. The first kappa shape index (κ1) is 14.5. The summed E-state index contributed by atoms with van der Waals surface area (Å²) in [6, 6.07) is 3.86. The minimum Gasteiger partial charge on any atom is -0.478 e. The van der Waals surface area contributed by atoms with Gasteiger partial charge in [-0.05, 0) is 30.9 Å². The number of hydrogen-bond donors (Lipinski definition) is 2. The Hall–Kier alpha value is -1.91. The number of aromatic carboxylic acids is 1. The molecule has 0 aromatic heterocycles. The molecular formula is C15H18FNO3. The molecule has 108 valence electrons. The van der Waals surface area contributed by atoms with Gasteiger partial charge in [0, 0.05) is 6.42 Å². The maximum atomic E-state index is 13.5. The second kappa shape index (κ2) is 6.50. The third-order valence-electron chi connectivity index (χ3n) is 3.70. The number of benzene rings is 1. The van der Waals surface area contributed by atoms with Crippen molar-refractivity contribution in [2.75, 3.05) is 5.32 Å². The van der Waals surface area contributed by atoms with Gasteiger partial charge in [-0.1, -0.05) is 25.3 Å². The number of anilines is 1. The molecule has 2 N–H and O–H groups in total. The van der Waals surface area contributed by atoms with E-state index in [-0.39, 0.29) is 11.6 Å². The van der Waals surface area contributed by atoms with Gasteiger partial charge in [0.25, 0.3) is 0 Å². The Labute approximate surface area is 117 Å². The highest BCUT2D eigenvalue weighted by atomic mass is 19.1. The highest BCUT2D eigenvalue weighted by Crippen LogP contribution is 2.27. The first-order valence-electron chi connectivity index (χ1n) is 6.89. The molecule has 0 bridgehead atoms. The molecule has 4 nitrogen and oxygen atoms in total. The summed E-state index contributed by atoms with van der Waals surface area (Å²) in [5.74, 6) is -2.11. The Bertz CT molecular complexity index is 510. The van der Waals surface area contributed by atoms with Crippen molar-refractivity contribution >= 4 is 17.6 Å². The van der Waals surface area contributed by atoms with Crippen molar-refractivity contribution in [1.82, 2.24) is 0 Å². The second-order valence-electron chi connectivity index (χ2n) is 5.22. The summed E-state index contributed by atoms with van der Waals surface area (Å²) in [6.07, 6.45) is 5.92. The molecule has 0 atom stereocenters. The summed E-state index contributed by atoms with van der Waals surface area (Å²) < 4.78 is 13.5. The number of rotatable bonds is 4. The third kappa shape index (κ3) is 3.56. The van der Waals surface area contributed by atoms with Crippen molar-refractivity contribution in [2.45, 2.75) is 38.5 Å². The molecule has 0 aliphatic heterocycles. The molecule has 1 aliphatic rings. The van der Waals surface area contributed by atoms with Crippen molar-refractivity contribution in [1.29, 1.82) is 0 Å².